The van der Waals surface area contributed by atoms with Gasteiger partial charge < -0.3 is 10.1 Å². The van der Waals surface area contributed by atoms with Gasteiger partial charge in [0.25, 0.3) is 0 Å². The zero-order valence-electron chi connectivity index (χ0n) is 4.77. The lowest BCUT2D eigenvalue weighted by molar-refractivity contribution is -0.110. The fraction of sp³-hybridized carbons (Fsp3) is 0.800. The summed E-state index contributed by atoms with van der Waals surface area (Å²) in [5.74, 6) is 0.157. The molecule has 0 unspecified atom stereocenters. The summed E-state index contributed by atoms with van der Waals surface area (Å²) < 4.78 is 0. The van der Waals surface area contributed by atoms with Crippen molar-refractivity contribution in [2.45, 2.75) is 6.92 Å². The van der Waals surface area contributed by atoms with Gasteiger partial charge in [0.1, 0.15) is 6.29 Å². The largest absolute Gasteiger partial charge is 0.319 e. The van der Waals surface area contributed by atoms with Crippen LogP contribution in [-0.2, 0) is 4.79 Å². The number of carbonyl (C=O) groups excluding carboxylic acids is 1. The molecule has 7 heavy (non-hydrogen) atoms. The second-order valence-corrected chi connectivity index (χ2v) is 1.67. The Labute approximate surface area is 43.9 Å². The number of hydrogen-bond acceptors (Lipinski definition) is 2. The van der Waals surface area contributed by atoms with Crippen LogP contribution in [0, 0.1) is 5.92 Å². The first-order valence-electron chi connectivity index (χ1n) is 2.41. The molecule has 0 aliphatic heterocycles. The zero-order chi connectivity index (χ0) is 5.70. The average Bonchev–Trinajstić information content (AvgIpc) is 1.68. The Kier molecular flexibility index (Phi) is 3.61. The Bertz CT molecular complexity index is 54.0. The van der Waals surface area contributed by atoms with Crippen molar-refractivity contribution in [1.82, 2.24) is 5.32 Å². The van der Waals surface area contributed by atoms with E-state index in [-0.39, 0.29) is 5.92 Å². The van der Waals surface area contributed by atoms with E-state index in [4.69, 9.17) is 0 Å². The molecule has 1 atom stereocenters. The van der Waals surface area contributed by atoms with Gasteiger partial charge in [0.05, 0.1) is 0 Å². The molecule has 0 aliphatic carbocycles. The molecule has 0 aromatic carbocycles. The summed E-state index contributed by atoms with van der Waals surface area (Å²) >= 11 is 0. The molecule has 0 saturated heterocycles. The molecule has 0 aromatic heterocycles. The molecule has 0 bridgehead atoms. The molecule has 0 fully saturated rings. The molecule has 2 nitrogen and oxygen atoms in total. The van der Waals surface area contributed by atoms with Crippen LogP contribution in [0.2, 0.25) is 0 Å². The smallest absolute Gasteiger partial charge is 0.124 e. The molecule has 0 radical (unpaired) electrons. The third-order valence-corrected chi connectivity index (χ3v) is 0.758. The predicted octanol–water partition coefficient (Wildman–Crippen LogP) is 0.0408. The van der Waals surface area contributed by atoms with Crippen LogP contribution in [0.3, 0.4) is 0 Å². The van der Waals surface area contributed by atoms with Crippen molar-refractivity contribution >= 4 is 6.29 Å². The van der Waals surface area contributed by atoms with Gasteiger partial charge in [-0.05, 0) is 7.05 Å². The maximum atomic E-state index is 9.85. The summed E-state index contributed by atoms with van der Waals surface area (Å²) in [4.78, 5) is 9.85. The van der Waals surface area contributed by atoms with E-state index in [1.165, 1.54) is 0 Å². The highest BCUT2D eigenvalue weighted by atomic mass is 16.1. The monoisotopic (exact) mass is 101 g/mol. The minimum atomic E-state index is 0.157. The van der Waals surface area contributed by atoms with Crippen LogP contribution in [0.4, 0.5) is 0 Å². The molecule has 0 heterocycles. The van der Waals surface area contributed by atoms with Gasteiger partial charge in [0.2, 0.25) is 0 Å². The predicted molar refractivity (Wildman–Crippen MR) is 29.2 cm³/mol. The standard InChI is InChI=1S/C5H11NO/c1-5(4-7)3-6-2/h4-6H,3H2,1-2H3/t5-/m0/s1. The van der Waals surface area contributed by atoms with Crippen molar-refractivity contribution < 1.29 is 4.79 Å². The van der Waals surface area contributed by atoms with E-state index in [0.717, 1.165) is 12.8 Å². The molecule has 2 heteroatoms. The van der Waals surface area contributed by atoms with Gasteiger partial charge in [-0.25, -0.2) is 0 Å². The molecule has 0 amide bonds. The number of carbonyl (C=O) groups is 1. The summed E-state index contributed by atoms with van der Waals surface area (Å²) in [5, 5.41) is 2.89. The van der Waals surface area contributed by atoms with Gasteiger partial charge in [0.15, 0.2) is 0 Å². The quantitative estimate of drug-likeness (QED) is 0.508. The summed E-state index contributed by atoms with van der Waals surface area (Å²) in [5.41, 5.74) is 0. The van der Waals surface area contributed by atoms with Gasteiger partial charge in [-0.1, -0.05) is 6.92 Å². The number of rotatable bonds is 3. The summed E-state index contributed by atoms with van der Waals surface area (Å²) in [6.07, 6.45) is 0.941. The molecule has 0 aliphatic rings. The van der Waals surface area contributed by atoms with Crippen LogP contribution >= 0.6 is 0 Å². The summed E-state index contributed by atoms with van der Waals surface area (Å²) in [7, 11) is 1.83. The van der Waals surface area contributed by atoms with Crippen molar-refractivity contribution in [3.05, 3.63) is 0 Å². The van der Waals surface area contributed by atoms with E-state index < -0.39 is 0 Å². The van der Waals surface area contributed by atoms with Crippen molar-refractivity contribution in [3.8, 4) is 0 Å². The van der Waals surface area contributed by atoms with Crippen LogP contribution in [-0.4, -0.2) is 19.9 Å². The Hall–Kier alpha value is -0.370. The summed E-state index contributed by atoms with van der Waals surface area (Å²) in [6.45, 7) is 2.66. The van der Waals surface area contributed by atoms with Gasteiger partial charge in [0, 0.05) is 12.5 Å². The first kappa shape index (κ1) is 6.63. The minimum absolute atomic E-state index is 0.157. The molecular weight excluding hydrogens is 90.1 g/mol. The molecule has 0 spiro atoms. The highest BCUT2D eigenvalue weighted by Gasteiger charge is 1.92. The normalized spacial score (nSPS) is 13.4. The summed E-state index contributed by atoms with van der Waals surface area (Å²) in [6, 6.07) is 0. The maximum Gasteiger partial charge on any atom is 0.124 e. The third kappa shape index (κ3) is 3.46. The lowest BCUT2D eigenvalue weighted by atomic mass is 10.2. The third-order valence-electron chi connectivity index (χ3n) is 0.758. The fourth-order valence-electron chi connectivity index (χ4n) is 0.370. The highest BCUT2D eigenvalue weighted by molar-refractivity contribution is 5.52. The lowest BCUT2D eigenvalue weighted by Crippen LogP contribution is -2.16. The van der Waals surface area contributed by atoms with Crippen molar-refractivity contribution in [2.24, 2.45) is 5.92 Å². The first-order valence-corrected chi connectivity index (χ1v) is 2.41. The van der Waals surface area contributed by atoms with Crippen LogP contribution < -0.4 is 5.32 Å². The Balaban J connectivity index is 2.98. The molecule has 42 valence electrons. The van der Waals surface area contributed by atoms with Crippen molar-refractivity contribution in [1.29, 1.82) is 0 Å². The van der Waals surface area contributed by atoms with E-state index in [1.54, 1.807) is 0 Å². The van der Waals surface area contributed by atoms with Gasteiger partial charge in [-0.2, -0.15) is 0 Å². The molecule has 0 saturated carbocycles. The second-order valence-electron chi connectivity index (χ2n) is 1.67. The van der Waals surface area contributed by atoms with Crippen molar-refractivity contribution in [2.75, 3.05) is 13.6 Å². The second kappa shape index (κ2) is 3.81. The molecular formula is C5H11NO. The highest BCUT2D eigenvalue weighted by Crippen LogP contribution is 1.81. The number of nitrogens with one attached hydrogen (secondary N) is 1. The molecule has 1 N–H and O–H groups in total. The van der Waals surface area contributed by atoms with Crippen LogP contribution in [0.5, 0.6) is 0 Å². The fourth-order valence-corrected chi connectivity index (χ4v) is 0.370. The number of hydrogen-bond donors (Lipinski definition) is 1. The SMILES string of the molecule is CNC[C@H](C)C=O. The van der Waals surface area contributed by atoms with Crippen LogP contribution in [0.1, 0.15) is 6.92 Å². The Morgan fingerprint density at radius 2 is 2.43 bits per heavy atom. The van der Waals surface area contributed by atoms with Gasteiger partial charge in [-0.3, -0.25) is 0 Å². The Morgan fingerprint density at radius 1 is 1.86 bits per heavy atom. The van der Waals surface area contributed by atoms with Gasteiger partial charge in [-0.15, -0.1) is 0 Å². The van der Waals surface area contributed by atoms with E-state index in [1.807, 2.05) is 14.0 Å². The average molecular weight is 101 g/mol. The zero-order valence-corrected chi connectivity index (χ0v) is 4.77. The number of aldehydes is 1. The first-order chi connectivity index (χ1) is 3.31. The maximum absolute atomic E-state index is 9.85. The van der Waals surface area contributed by atoms with E-state index in [9.17, 15) is 4.79 Å². The van der Waals surface area contributed by atoms with Crippen molar-refractivity contribution in [3.63, 3.8) is 0 Å². The van der Waals surface area contributed by atoms with E-state index in [0.29, 0.717) is 0 Å². The Morgan fingerprint density at radius 3 is 2.57 bits per heavy atom. The topological polar surface area (TPSA) is 29.1 Å². The lowest BCUT2D eigenvalue weighted by Gasteiger charge is -1.97. The van der Waals surface area contributed by atoms with Crippen LogP contribution in [0.15, 0.2) is 0 Å². The van der Waals surface area contributed by atoms with Crippen LogP contribution in [0.25, 0.3) is 0 Å². The molecule has 0 rings (SSSR count). The van der Waals surface area contributed by atoms with E-state index in [2.05, 4.69) is 5.32 Å². The van der Waals surface area contributed by atoms with E-state index >= 15 is 0 Å². The minimum Gasteiger partial charge on any atom is -0.319 e. The molecule has 0 aromatic rings. The van der Waals surface area contributed by atoms with Gasteiger partial charge >= 0.3 is 0 Å².